The van der Waals surface area contributed by atoms with E-state index in [9.17, 15) is 18.4 Å². The monoisotopic (exact) mass is 739 g/mol. The van der Waals surface area contributed by atoms with Crippen LogP contribution in [0.1, 0.15) is 64.5 Å². The molecule has 1 aliphatic carbocycles. The summed E-state index contributed by atoms with van der Waals surface area (Å²) < 4.78 is 63.6. The maximum atomic E-state index is 12.5. The van der Waals surface area contributed by atoms with E-state index in [1.54, 1.807) is 35.3 Å². The first kappa shape index (κ1) is 37.9. The lowest BCUT2D eigenvalue weighted by Gasteiger charge is -2.42. The summed E-state index contributed by atoms with van der Waals surface area (Å²) in [6, 6.07) is 8.06. The fraction of sp³-hybridized carbons (Fsp3) is 0.571. The van der Waals surface area contributed by atoms with Crippen molar-refractivity contribution in [3.05, 3.63) is 48.7 Å². The fourth-order valence-electron chi connectivity index (χ4n) is 6.81. The fourth-order valence-corrected chi connectivity index (χ4v) is 6.81. The Bertz CT molecular complexity index is 1780. The molecule has 1 unspecified atom stereocenters. The molecule has 1 saturated heterocycles. The topological polar surface area (TPSA) is 163 Å². The van der Waals surface area contributed by atoms with Gasteiger partial charge in [-0.2, -0.15) is 18.4 Å². The number of hydrogen-bond acceptors (Lipinski definition) is 13. The van der Waals surface area contributed by atoms with E-state index in [-0.39, 0.29) is 44.0 Å². The minimum atomic E-state index is -4.38. The Kier molecular flexibility index (Phi) is 12.4. The van der Waals surface area contributed by atoms with E-state index < -0.39 is 12.8 Å². The standard InChI is InChI=1S/C35H44F3N11O4/c1-23-17-47(18-24(2)52-23)29-7-9-30(10-8-29)49-20-31(33(44-49)51-12-4-11-50-21-35(36,37)38)43-34-40-15-28(16-41-34)26-5-6-27(14-39)32(13-26)53-25(3)19-48-22-42-45-46-48/h5-6,13,15-16,20,22-25,29-30H,4,7-12,17-19,21H2,1-3H3,(H,40,41,43)/t23-,24+,25?,29?,30?. The number of nitrogens with one attached hydrogen (secondary N) is 1. The lowest BCUT2D eigenvalue weighted by atomic mass is 9.89. The highest BCUT2D eigenvalue weighted by Crippen LogP contribution is 2.35. The molecule has 2 aliphatic rings. The highest BCUT2D eigenvalue weighted by atomic mass is 19.4. The van der Waals surface area contributed by atoms with Gasteiger partial charge in [0, 0.05) is 43.5 Å². The Morgan fingerprint density at radius 1 is 1.04 bits per heavy atom. The molecule has 2 fully saturated rings. The molecule has 284 valence electrons. The van der Waals surface area contributed by atoms with Gasteiger partial charge in [0.25, 0.3) is 5.88 Å². The van der Waals surface area contributed by atoms with Crippen molar-refractivity contribution >= 4 is 11.6 Å². The van der Waals surface area contributed by atoms with Crippen LogP contribution < -0.4 is 14.8 Å². The van der Waals surface area contributed by atoms with E-state index in [4.69, 9.17) is 24.0 Å². The summed E-state index contributed by atoms with van der Waals surface area (Å²) in [6.45, 7) is 7.07. The van der Waals surface area contributed by atoms with Crippen molar-refractivity contribution in [2.75, 3.05) is 38.2 Å². The minimum absolute atomic E-state index is 0.101. The minimum Gasteiger partial charge on any atom is -0.487 e. The number of morpholine rings is 1. The van der Waals surface area contributed by atoms with Gasteiger partial charge in [-0.25, -0.2) is 14.6 Å². The molecule has 4 heterocycles. The molecule has 18 heteroatoms. The van der Waals surface area contributed by atoms with Gasteiger partial charge in [-0.1, -0.05) is 6.07 Å². The van der Waals surface area contributed by atoms with Crippen LogP contribution in [0, 0.1) is 11.3 Å². The molecule has 1 aromatic carbocycles. The van der Waals surface area contributed by atoms with Crippen LogP contribution in [0.2, 0.25) is 0 Å². The summed E-state index contributed by atoms with van der Waals surface area (Å²) in [4.78, 5) is 11.6. The van der Waals surface area contributed by atoms with E-state index in [0.29, 0.717) is 47.0 Å². The Balaban J connectivity index is 1.12. The van der Waals surface area contributed by atoms with Crippen LogP contribution in [0.3, 0.4) is 0 Å². The average molecular weight is 740 g/mol. The third kappa shape index (κ3) is 10.6. The highest BCUT2D eigenvalue weighted by molar-refractivity contribution is 5.67. The highest BCUT2D eigenvalue weighted by Gasteiger charge is 2.32. The summed E-state index contributed by atoms with van der Waals surface area (Å²) >= 11 is 0. The van der Waals surface area contributed by atoms with Crippen molar-refractivity contribution in [2.45, 2.75) is 96.0 Å². The molecular weight excluding hydrogens is 695 g/mol. The summed E-state index contributed by atoms with van der Waals surface area (Å²) in [5.74, 6) is 1.01. The summed E-state index contributed by atoms with van der Waals surface area (Å²) in [7, 11) is 0. The van der Waals surface area contributed by atoms with E-state index in [1.807, 2.05) is 17.8 Å². The Morgan fingerprint density at radius 3 is 2.45 bits per heavy atom. The van der Waals surface area contributed by atoms with Gasteiger partial charge in [0.15, 0.2) is 0 Å². The van der Waals surface area contributed by atoms with E-state index >= 15 is 0 Å². The molecule has 0 bridgehead atoms. The number of nitrogens with zero attached hydrogens (tertiary/aromatic N) is 10. The zero-order valence-electron chi connectivity index (χ0n) is 29.9. The second kappa shape index (κ2) is 17.3. The van der Waals surface area contributed by atoms with Crippen molar-refractivity contribution in [3.8, 4) is 28.8 Å². The number of halogens is 3. The zero-order chi connectivity index (χ0) is 37.4. The van der Waals surface area contributed by atoms with Crippen molar-refractivity contribution in [2.24, 2.45) is 0 Å². The first-order valence-electron chi connectivity index (χ1n) is 17.8. The molecule has 3 atom stereocenters. The second-order valence-corrected chi connectivity index (χ2v) is 13.6. The maximum Gasteiger partial charge on any atom is 0.411 e. The lowest BCUT2D eigenvalue weighted by molar-refractivity contribution is -0.174. The molecule has 6 rings (SSSR count). The zero-order valence-corrected chi connectivity index (χ0v) is 29.9. The maximum absolute atomic E-state index is 12.5. The molecule has 0 spiro atoms. The van der Waals surface area contributed by atoms with Crippen LogP contribution in [-0.4, -0.2) is 108 Å². The first-order valence-corrected chi connectivity index (χ1v) is 17.8. The van der Waals surface area contributed by atoms with Crippen LogP contribution in [0.5, 0.6) is 11.6 Å². The van der Waals surface area contributed by atoms with Gasteiger partial charge in [-0.05, 0) is 74.6 Å². The van der Waals surface area contributed by atoms with Crippen LogP contribution in [-0.2, 0) is 16.0 Å². The first-order chi connectivity index (χ1) is 25.5. The molecule has 1 saturated carbocycles. The Hall–Kier alpha value is -4.86. The molecule has 4 aromatic rings. The predicted molar refractivity (Wildman–Crippen MR) is 185 cm³/mol. The molecular formula is C35H44F3N11O4. The Labute approximate surface area is 305 Å². The van der Waals surface area contributed by atoms with Gasteiger partial charge < -0.3 is 24.3 Å². The summed E-state index contributed by atoms with van der Waals surface area (Å²) in [6.07, 6.45) is 6.60. The SMILES string of the molecule is CC(Cn1cnnn1)Oc1cc(-c2cnc(Nc3cn(C4CCC(N5C[C@@H](C)O[C@@H](C)C5)CC4)nc3OCCCOCC(F)(F)F)nc2)ccc1C#N. The van der Waals surface area contributed by atoms with E-state index in [2.05, 4.69) is 55.6 Å². The van der Waals surface area contributed by atoms with Gasteiger partial charge in [0.05, 0.1) is 49.8 Å². The van der Waals surface area contributed by atoms with Gasteiger partial charge in [-0.3, -0.25) is 9.58 Å². The molecule has 0 radical (unpaired) electrons. The number of hydrogen-bond donors (Lipinski definition) is 1. The molecule has 3 aromatic heterocycles. The third-order valence-electron chi connectivity index (χ3n) is 9.14. The number of rotatable bonds is 15. The van der Waals surface area contributed by atoms with Gasteiger partial charge in [0.1, 0.15) is 36.5 Å². The summed E-state index contributed by atoms with van der Waals surface area (Å²) in [5, 5.41) is 28.8. The number of tetrazole rings is 1. The van der Waals surface area contributed by atoms with Gasteiger partial charge in [-0.15, -0.1) is 10.2 Å². The number of anilines is 2. The van der Waals surface area contributed by atoms with E-state index in [0.717, 1.165) is 44.3 Å². The third-order valence-corrected chi connectivity index (χ3v) is 9.14. The summed E-state index contributed by atoms with van der Waals surface area (Å²) in [5.41, 5.74) is 2.37. The normalized spacial score (nSPS) is 21.5. The largest absolute Gasteiger partial charge is 0.487 e. The number of benzene rings is 1. The second-order valence-electron chi connectivity index (χ2n) is 13.6. The van der Waals surface area contributed by atoms with Crippen LogP contribution >= 0.6 is 0 Å². The molecule has 0 amide bonds. The molecule has 1 N–H and O–H groups in total. The molecule has 53 heavy (non-hydrogen) atoms. The van der Waals surface area contributed by atoms with Crippen molar-refractivity contribution < 1.29 is 32.1 Å². The molecule has 15 nitrogen and oxygen atoms in total. The lowest BCUT2D eigenvalue weighted by Crippen LogP contribution is -2.51. The van der Waals surface area contributed by atoms with E-state index in [1.165, 1.54) is 6.33 Å². The number of alkyl halides is 3. The Morgan fingerprint density at radius 2 is 1.77 bits per heavy atom. The number of aromatic nitrogens is 8. The van der Waals surface area contributed by atoms with Crippen molar-refractivity contribution in [1.29, 1.82) is 5.26 Å². The van der Waals surface area contributed by atoms with Gasteiger partial charge >= 0.3 is 6.18 Å². The molecule has 1 aliphatic heterocycles. The van der Waals surface area contributed by atoms with Crippen molar-refractivity contribution in [1.82, 2.24) is 44.9 Å². The predicted octanol–water partition coefficient (Wildman–Crippen LogP) is 5.35. The van der Waals surface area contributed by atoms with Crippen LogP contribution in [0.25, 0.3) is 11.1 Å². The van der Waals surface area contributed by atoms with Crippen molar-refractivity contribution in [3.63, 3.8) is 0 Å². The number of ether oxygens (including phenoxy) is 4. The van der Waals surface area contributed by atoms with Crippen LogP contribution in [0.15, 0.2) is 43.1 Å². The smallest absolute Gasteiger partial charge is 0.411 e. The van der Waals surface area contributed by atoms with Gasteiger partial charge in [0.2, 0.25) is 5.95 Å². The quantitative estimate of drug-likeness (QED) is 0.155. The average Bonchev–Trinajstić information content (AvgIpc) is 3.79. The number of nitriles is 1. The van der Waals surface area contributed by atoms with Crippen LogP contribution in [0.4, 0.5) is 24.8 Å².